The molecular weight excluding hydrogens is 313 g/mol. The Morgan fingerprint density at radius 1 is 1.26 bits per heavy atom. The van der Waals surface area contributed by atoms with Crippen LogP contribution in [0.2, 0.25) is 0 Å². The van der Waals surface area contributed by atoms with E-state index in [2.05, 4.69) is 0 Å². The van der Waals surface area contributed by atoms with E-state index >= 15 is 0 Å². The van der Waals surface area contributed by atoms with E-state index in [0.29, 0.717) is 0 Å². The number of carboxylic acid groups (broad SMARTS) is 1. The first-order valence-electron chi connectivity index (χ1n) is 7.84. The van der Waals surface area contributed by atoms with Gasteiger partial charge < -0.3 is 9.84 Å². The summed E-state index contributed by atoms with van der Waals surface area (Å²) in [6.07, 6.45) is -0.660. The van der Waals surface area contributed by atoms with Gasteiger partial charge >= 0.3 is 11.9 Å². The van der Waals surface area contributed by atoms with Crippen LogP contribution in [0.3, 0.4) is 0 Å². The van der Waals surface area contributed by atoms with Gasteiger partial charge in [-0.05, 0) is 46.0 Å². The van der Waals surface area contributed by atoms with Gasteiger partial charge in [-0.1, -0.05) is 0 Å². The lowest BCUT2D eigenvalue weighted by Crippen LogP contribution is -2.41. The molecule has 1 aliphatic carbocycles. The minimum absolute atomic E-state index is 0.0110. The van der Waals surface area contributed by atoms with Gasteiger partial charge in [0.15, 0.2) is 0 Å². The maximum Gasteiger partial charge on any atom is 0.310 e. The predicted octanol–water partition coefficient (Wildman–Crippen LogP) is 3.83. The molecule has 0 saturated heterocycles. The van der Waals surface area contributed by atoms with Crippen molar-refractivity contribution in [2.24, 2.45) is 17.8 Å². The summed E-state index contributed by atoms with van der Waals surface area (Å²) < 4.78 is 43.6. The quantitative estimate of drug-likeness (QED) is 0.683. The normalized spacial score (nSPS) is 20.4. The summed E-state index contributed by atoms with van der Waals surface area (Å²) in [6.45, 7) is 4.26. The molecule has 0 unspecified atom stereocenters. The molecule has 0 bridgehead atoms. The largest absolute Gasteiger partial charge is 0.481 e. The highest BCUT2D eigenvalue weighted by Crippen LogP contribution is 2.46. The summed E-state index contributed by atoms with van der Waals surface area (Å²) in [5.41, 5.74) is -0.804. The molecule has 0 aromatic heterocycles. The van der Waals surface area contributed by atoms with Gasteiger partial charge in [0.1, 0.15) is 5.60 Å². The van der Waals surface area contributed by atoms with Crippen molar-refractivity contribution in [3.05, 3.63) is 0 Å². The number of carbonyl (C=O) groups is 2. The molecular formula is C16H25F3O4. The van der Waals surface area contributed by atoms with Crippen LogP contribution in [0.5, 0.6) is 0 Å². The number of halogens is 3. The van der Waals surface area contributed by atoms with E-state index in [1.807, 2.05) is 0 Å². The van der Waals surface area contributed by atoms with Crippen LogP contribution in [-0.4, -0.2) is 35.2 Å². The minimum Gasteiger partial charge on any atom is -0.481 e. The number of rotatable bonds is 8. The highest BCUT2D eigenvalue weighted by atomic mass is 19.3. The lowest BCUT2D eigenvalue weighted by atomic mass is 9.72. The molecule has 1 aliphatic rings. The molecule has 1 rings (SSSR count). The highest BCUT2D eigenvalue weighted by molar-refractivity contribution is 5.81. The fourth-order valence-electron chi connectivity index (χ4n) is 2.91. The van der Waals surface area contributed by atoms with Crippen LogP contribution in [0.15, 0.2) is 0 Å². The van der Waals surface area contributed by atoms with E-state index in [1.54, 1.807) is 20.8 Å². The molecule has 1 fully saturated rings. The Morgan fingerprint density at radius 2 is 1.83 bits per heavy atom. The van der Waals surface area contributed by atoms with E-state index in [4.69, 9.17) is 4.74 Å². The fourth-order valence-corrected chi connectivity index (χ4v) is 2.91. The van der Waals surface area contributed by atoms with Crippen LogP contribution in [-0.2, 0) is 14.3 Å². The molecule has 0 radical (unpaired) electrons. The van der Waals surface area contributed by atoms with Crippen LogP contribution in [0, 0.1) is 17.8 Å². The molecule has 1 saturated carbocycles. The smallest absolute Gasteiger partial charge is 0.310 e. The second-order valence-electron chi connectivity index (χ2n) is 7.28. The average molecular weight is 338 g/mol. The average Bonchev–Trinajstić information content (AvgIpc) is 2.32. The number of alkyl halides is 3. The van der Waals surface area contributed by atoms with Crippen molar-refractivity contribution < 1.29 is 32.6 Å². The molecule has 134 valence electrons. The van der Waals surface area contributed by atoms with Gasteiger partial charge in [0, 0.05) is 12.8 Å². The Balaban J connectivity index is 2.85. The van der Waals surface area contributed by atoms with Crippen molar-refractivity contribution in [3.63, 3.8) is 0 Å². The maximum absolute atomic E-state index is 13.0. The second kappa shape index (κ2) is 7.53. The summed E-state index contributed by atoms with van der Waals surface area (Å²) in [5, 5.41) is 9.35. The monoisotopic (exact) mass is 338 g/mol. The van der Waals surface area contributed by atoms with Gasteiger partial charge in [-0.2, -0.15) is 0 Å². The topological polar surface area (TPSA) is 63.6 Å². The maximum atomic E-state index is 13.0. The predicted molar refractivity (Wildman–Crippen MR) is 78.0 cm³/mol. The van der Waals surface area contributed by atoms with Crippen LogP contribution in [0.1, 0.15) is 52.9 Å². The van der Waals surface area contributed by atoms with Crippen LogP contribution in [0.4, 0.5) is 13.2 Å². The van der Waals surface area contributed by atoms with Crippen molar-refractivity contribution in [2.45, 2.75) is 64.4 Å². The zero-order chi connectivity index (χ0) is 17.8. The molecule has 23 heavy (non-hydrogen) atoms. The third-order valence-corrected chi connectivity index (χ3v) is 3.92. The Bertz CT molecular complexity index is 424. The first kappa shape index (κ1) is 19.8. The third kappa shape index (κ3) is 6.39. The Kier molecular flexibility index (Phi) is 6.48. The lowest BCUT2D eigenvalue weighted by molar-refractivity contribution is -0.171. The Morgan fingerprint density at radius 3 is 2.22 bits per heavy atom. The van der Waals surface area contributed by atoms with Gasteiger partial charge in [-0.3, -0.25) is 14.0 Å². The first-order valence-corrected chi connectivity index (χ1v) is 7.84. The number of aliphatic carboxylic acids is 1. The van der Waals surface area contributed by atoms with Crippen LogP contribution in [0.25, 0.3) is 0 Å². The Hall–Kier alpha value is -1.27. The fraction of sp³-hybridized carbons (Fsp3) is 0.875. The number of hydrogen-bond acceptors (Lipinski definition) is 3. The number of ether oxygens (including phenoxy) is 1. The standard InChI is InChI=1S/C16H25F3O4/c1-15(2,3)23-14(22)12(7-10-8-16(18,19)9-10)11(13(20)21)5-4-6-17/h10-12H,4-9H2,1-3H3,(H,20,21)/t11-,12-/m1/s1. The Labute approximate surface area is 134 Å². The molecule has 0 spiro atoms. The van der Waals surface area contributed by atoms with Gasteiger partial charge in [0.25, 0.3) is 0 Å². The van der Waals surface area contributed by atoms with Gasteiger partial charge in [-0.15, -0.1) is 0 Å². The van der Waals surface area contributed by atoms with Crippen molar-refractivity contribution in [1.82, 2.24) is 0 Å². The number of esters is 1. The number of hydrogen-bond donors (Lipinski definition) is 1. The highest BCUT2D eigenvalue weighted by Gasteiger charge is 2.48. The van der Waals surface area contributed by atoms with Crippen LogP contribution >= 0.6 is 0 Å². The van der Waals surface area contributed by atoms with E-state index in [1.165, 1.54) is 0 Å². The number of carboxylic acids is 1. The zero-order valence-corrected chi connectivity index (χ0v) is 13.8. The lowest BCUT2D eigenvalue weighted by Gasteiger charge is -2.38. The van der Waals surface area contributed by atoms with Crippen LogP contribution < -0.4 is 0 Å². The summed E-state index contributed by atoms with van der Waals surface area (Å²) >= 11 is 0. The van der Waals surface area contributed by atoms with Crippen molar-refractivity contribution in [3.8, 4) is 0 Å². The van der Waals surface area contributed by atoms with Crippen molar-refractivity contribution in [2.75, 3.05) is 6.67 Å². The summed E-state index contributed by atoms with van der Waals surface area (Å²) in [6, 6.07) is 0. The molecule has 2 atom stereocenters. The summed E-state index contributed by atoms with van der Waals surface area (Å²) in [4.78, 5) is 23.8. The molecule has 0 aromatic carbocycles. The summed E-state index contributed by atoms with van der Waals surface area (Å²) in [7, 11) is 0. The first-order chi connectivity index (χ1) is 10.4. The number of carbonyl (C=O) groups excluding carboxylic acids is 1. The SMILES string of the molecule is CC(C)(C)OC(=O)[C@H](CC1CC(F)(F)C1)[C@@H](CCCF)C(=O)O. The van der Waals surface area contributed by atoms with E-state index in [-0.39, 0.29) is 32.1 Å². The van der Waals surface area contributed by atoms with Gasteiger partial charge in [0.2, 0.25) is 5.92 Å². The molecule has 7 heteroatoms. The second-order valence-corrected chi connectivity index (χ2v) is 7.28. The van der Waals surface area contributed by atoms with Crippen molar-refractivity contribution >= 4 is 11.9 Å². The van der Waals surface area contributed by atoms with E-state index in [9.17, 15) is 27.9 Å². The summed E-state index contributed by atoms with van der Waals surface area (Å²) in [5.74, 6) is -7.22. The molecule has 1 N–H and O–H groups in total. The minimum atomic E-state index is -2.74. The molecule has 0 aromatic rings. The van der Waals surface area contributed by atoms with Crippen molar-refractivity contribution in [1.29, 1.82) is 0 Å². The molecule has 0 aliphatic heterocycles. The molecule has 4 nitrogen and oxygen atoms in total. The van der Waals surface area contributed by atoms with E-state index in [0.717, 1.165) is 0 Å². The van der Waals surface area contributed by atoms with Gasteiger partial charge in [0.05, 0.1) is 18.5 Å². The third-order valence-electron chi connectivity index (χ3n) is 3.92. The molecule has 0 amide bonds. The zero-order valence-electron chi connectivity index (χ0n) is 13.8. The van der Waals surface area contributed by atoms with Gasteiger partial charge in [-0.25, -0.2) is 8.78 Å². The van der Waals surface area contributed by atoms with E-state index < -0.39 is 47.9 Å². The molecule has 0 heterocycles.